The Bertz CT molecular complexity index is 688. The number of carbonyl (C=O) groups is 1. The summed E-state index contributed by atoms with van der Waals surface area (Å²) in [4.78, 5) is 12.1. The zero-order valence-corrected chi connectivity index (χ0v) is 14.3. The van der Waals surface area contributed by atoms with Crippen LogP contribution in [0.15, 0.2) is 29.2 Å². The van der Waals surface area contributed by atoms with Crippen LogP contribution in [0, 0.1) is 18.3 Å². The Morgan fingerprint density at radius 1 is 1.29 bits per heavy atom. The van der Waals surface area contributed by atoms with Crippen molar-refractivity contribution in [2.24, 2.45) is 5.92 Å². The van der Waals surface area contributed by atoms with E-state index in [2.05, 4.69) is 16.0 Å². The van der Waals surface area contributed by atoms with Crippen LogP contribution in [0.5, 0.6) is 0 Å². The van der Waals surface area contributed by atoms with E-state index in [4.69, 9.17) is 11.2 Å². The first-order chi connectivity index (χ1) is 11.5. The Morgan fingerprint density at radius 2 is 2.00 bits per heavy atom. The van der Waals surface area contributed by atoms with Gasteiger partial charge in [-0.05, 0) is 49.4 Å². The van der Waals surface area contributed by atoms with E-state index >= 15 is 0 Å². The van der Waals surface area contributed by atoms with E-state index in [0.717, 1.165) is 18.9 Å². The van der Waals surface area contributed by atoms with Crippen molar-refractivity contribution in [2.45, 2.75) is 24.2 Å². The van der Waals surface area contributed by atoms with Gasteiger partial charge in [-0.1, -0.05) is 5.92 Å². The first-order valence-corrected chi connectivity index (χ1v) is 9.40. The fourth-order valence-electron chi connectivity index (χ4n) is 2.02. The van der Waals surface area contributed by atoms with Crippen LogP contribution in [0.4, 0.5) is 0 Å². The van der Waals surface area contributed by atoms with Crippen LogP contribution in [0.3, 0.4) is 0 Å². The maximum Gasteiger partial charge on any atom is 0.251 e. The van der Waals surface area contributed by atoms with Crippen LogP contribution in [-0.4, -0.2) is 40.6 Å². The number of ether oxygens (including phenoxy) is 1. The zero-order valence-electron chi connectivity index (χ0n) is 13.5. The van der Waals surface area contributed by atoms with Gasteiger partial charge in [0.25, 0.3) is 5.91 Å². The molecule has 0 bridgehead atoms. The molecule has 1 fully saturated rings. The lowest BCUT2D eigenvalue weighted by Gasteiger charge is -2.07. The molecule has 1 aliphatic carbocycles. The number of nitrogens with one attached hydrogen (secondary N) is 2. The quantitative estimate of drug-likeness (QED) is 0.490. The minimum atomic E-state index is -3.63. The van der Waals surface area contributed by atoms with Crippen molar-refractivity contribution in [2.75, 3.05) is 26.3 Å². The van der Waals surface area contributed by atoms with Gasteiger partial charge in [-0.15, -0.1) is 6.42 Å². The van der Waals surface area contributed by atoms with E-state index in [-0.39, 0.29) is 17.3 Å². The summed E-state index contributed by atoms with van der Waals surface area (Å²) in [6, 6.07) is 5.71. The molecule has 0 heterocycles. The molecule has 0 atom stereocenters. The Morgan fingerprint density at radius 3 is 2.62 bits per heavy atom. The Balaban J connectivity index is 1.75. The van der Waals surface area contributed by atoms with Gasteiger partial charge in [0.1, 0.15) is 0 Å². The number of carbonyl (C=O) groups excluding carboxylic acids is 1. The van der Waals surface area contributed by atoms with Crippen LogP contribution in [-0.2, 0) is 14.8 Å². The predicted molar refractivity (Wildman–Crippen MR) is 91.0 cm³/mol. The second kappa shape index (κ2) is 8.83. The summed E-state index contributed by atoms with van der Waals surface area (Å²) >= 11 is 0. The Hall–Kier alpha value is -1.88. The van der Waals surface area contributed by atoms with Gasteiger partial charge in [0.15, 0.2) is 0 Å². The van der Waals surface area contributed by atoms with Crippen molar-refractivity contribution in [1.82, 2.24) is 10.0 Å². The summed E-state index contributed by atoms with van der Waals surface area (Å²) in [7, 11) is -3.63. The van der Waals surface area contributed by atoms with E-state index < -0.39 is 10.0 Å². The van der Waals surface area contributed by atoms with E-state index in [1.54, 1.807) is 0 Å². The lowest BCUT2D eigenvalue weighted by atomic mass is 10.2. The summed E-state index contributed by atoms with van der Waals surface area (Å²) in [5, 5.41) is 2.78. The van der Waals surface area contributed by atoms with Gasteiger partial charge in [-0.25, -0.2) is 8.42 Å². The highest BCUT2D eigenvalue weighted by atomic mass is 32.2. The maximum atomic E-state index is 12.0. The lowest BCUT2D eigenvalue weighted by molar-refractivity contribution is 0.0937. The molecule has 0 saturated heterocycles. The smallest absolute Gasteiger partial charge is 0.251 e. The topological polar surface area (TPSA) is 84.5 Å². The highest BCUT2D eigenvalue weighted by Crippen LogP contribution is 2.28. The van der Waals surface area contributed by atoms with E-state index in [1.807, 2.05) is 0 Å². The Kier molecular flexibility index (Phi) is 6.79. The average Bonchev–Trinajstić information content (AvgIpc) is 3.40. The Labute approximate surface area is 143 Å². The second-order valence-corrected chi connectivity index (χ2v) is 7.45. The maximum absolute atomic E-state index is 12.0. The molecule has 0 spiro atoms. The molecule has 1 aliphatic rings. The SMILES string of the molecule is C#CCNS(=O)(=O)c1ccc(C(=O)NCCCOCC2CC2)cc1. The molecule has 1 aromatic carbocycles. The number of sulfonamides is 1. The van der Waals surface area contributed by atoms with Crippen molar-refractivity contribution in [1.29, 1.82) is 0 Å². The van der Waals surface area contributed by atoms with Crippen molar-refractivity contribution in [3.8, 4) is 12.3 Å². The highest BCUT2D eigenvalue weighted by Gasteiger charge is 2.20. The van der Waals surface area contributed by atoms with Crippen molar-refractivity contribution >= 4 is 15.9 Å². The summed E-state index contributed by atoms with van der Waals surface area (Å²) < 4.78 is 31.5. The van der Waals surface area contributed by atoms with Crippen LogP contribution in [0.2, 0.25) is 0 Å². The number of amides is 1. The molecule has 130 valence electrons. The number of hydrogen-bond acceptors (Lipinski definition) is 4. The third kappa shape index (κ3) is 5.96. The molecule has 1 saturated carbocycles. The molecule has 6 nitrogen and oxygen atoms in total. The molecule has 0 aromatic heterocycles. The third-order valence-electron chi connectivity index (χ3n) is 3.59. The summed E-state index contributed by atoms with van der Waals surface area (Å²) in [5.41, 5.74) is 0.407. The van der Waals surface area contributed by atoms with Crippen molar-refractivity contribution in [3.05, 3.63) is 29.8 Å². The second-order valence-electron chi connectivity index (χ2n) is 5.68. The number of terminal acetylenes is 1. The molecule has 0 unspecified atom stereocenters. The summed E-state index contributed by atoms with van der Waals surface area (Å²) in [6.45, 7) is 1.90. The minimum absolute atomic E-state index is 0.0720. The van der Waals surface area contributed by atoms with Gasteiger partial charge >= 0.3 is 0 Å². The molecule has 0 aliphatic heterocycles. The summed E-state index contributed by atoms with van der Waals surface area (Å²) in [6.07, 6.45) is 8.31. The minimum Gasteiger partial charge on any atom is -0.381 e. The van der Waals surface area contributed by atoms with E-state index in [0.29, 0.717) is 18.7 Å². The van der Waals surface area contributed by atoms with Gasteiger partial charge in [-0.3, -0.25) is 4.79 Å². The molecule has 1 aromatic rings. The number of rotatable bonds is 10. The average molecular weight is 350 g/mol. The van der Waals surface area contributed by atoms with Gasteiger partial charge in [0, 0.05) is 25.3 Å². The van der Waals surface area contributed by atoms with Gasteiger partial charge < -0.3 is 10.1 Å². The largest absolute Gasteiger partial charge is 0.381 e. The third-order valence-corrected chi connectivity index (χ3v) is 5.01. The van der Waals surface area contributed by atoms with Gasteiger partial charge in [0.05, 0.1) is 11.4 Å². The first-order valence-electron chi connectivity index (χ1n) is 7.92. The predicted octanol–water partition coefficient (Wildman–Crippen LogP) is 1.14. The van der Waals surface area contributed by atoms with E-state index in [9.17, 15) is 13.2 Å². The van der Waals surface area contributed by atoms with Crippen LogP contribution in [0.1, 0.15) is 29.6 Å². The van der Waals surface area contributed by atoms with Crippen molar-refractivity contribution < 1.29 is 17.9 Å². The molecule has 2 N–H and O–H groups in total. The van der Waals surface area contributed by atoms with Crippen LogP contribution >= 0.6 is 0 Å². The molecular formula is C17H22N2O4S. The fraction of sp³-hybridized carbons (Fsp3) is 0.471. The monoisotopic (exact) mass is 350 g/mol. The van der Waals surface area contributed by atoms with Crippen LogP contribution in [0.25, 0.3) is 0 Å². The molecule has 1 amide bonds. The van der Waals surface area contributed by atoms with Crippen LogP contribution < -0.4 is 10.0 Å². The fourth-order valence-corrected chi connectivity index (χ4v) is 2.95. The summed E-state index contributed by atoms with van der Waals surface area (Å²) in [5.74, 6) is 2.71. The number of hydrogen-bond donors (Lipinski definition) is 2. The molecule has 0 radical (unpaired) electrons. The van der Waals surface area contributed by atoms with E-state index in [1.165, 1.54) is 37.1 Å². The standard InChI is InChI=1S/C17H22N2O4S/c1-2-10-19-24(21,22)16-8-6-15(7-9-16)17(20)18-11-3-12-23-13-14-4-5-14/h1,6-9,14,19H,3-5,10-13H2,(H,18,20). The normalized spacial score (nSPS) is 14.1. The molecule has 7 heteroatoms. The number of benzene rings is 1. The van der Waals surface area contributed by atoms with Gasteiger partial charge in [-0.2, -0.15) is 4.72 Å². The van der Waals surface area contributed by atoms with Crippen molar-refractivity contribution in [3.63, 3.8) is 0 Å². The van der Waals surface area contributed by atoms with Gasteiger partial charge in [0.2, 0.25) is 10.0 Å². The molecular weight excluding hydrogens is 328 g/mol. The zero-order chi connectivity index (χ0) is 17.4. The molecule has 2 rings (SSSR count). The molecule has 24 heavy (non-hydrogen) atoms. The lowest BCUT2D eigenvalue weighted by Crippen LogP contribution is -2.26. The first kappa shape index (κ1) is 18.5. The highest BCUT2D eigenvalue weighted by molar-refractivity contribution is 7.89.